The lowest BCUT2D eigenvalue weighted by molar-refractivity contribution is -0.114. The van der Waals surface area contributed by atoms with Crippen LogP contribution in [0, 0.1) is 0 Å². The fourth-order valence-electron chi connectivity index (χ4n) is 4.38. The smallest absolute Gasteiger partial charge is 0.407 e. The highest BCUT2D eigenvalue weighted by Gasteiger charge is 2.26. The van der Waals surface area contributed by atoms with Gasteiger partial charge in [0, 0.05) is 36.9 Å². The molecule has 1 saturated heterocycles. The molecule has 0 spiro atoms. The quantitative estimate of drug-likeness (QED) is 0.341. The molecule has 12 heteroatoms. The van der Waals surface area contributed by atoms with Gasteiger partial charge in [-0.05, 0) is 57.2 Å². The van der Waals surface area contributed by atoms with E-state index in [1.165, 1.54) is 0 Å². The first-order valence-electron chi connectivity index (χ1n) is 13.4. The van der Waals surface area contributed by atoms with Gasteiger partial charge in [0.1, 0.15) is 5.60 Å². The molecule has 2 amide bonds. The molecule has 1 fully saturated rings. The fourth-order valence-corrected chi connectivity index (χ4v) is 4.38. The number of hydrogen-bond donors (Lipinski definition) is 3. The highest BCUT2D eigenvalue weighted by Crippen LogP contribution is 2.25. The van der Waals surface area contributed by atoms with Gasteiger partial charge in [0.25, 0.3) is 5.91 Å². The summed E-state index contributed by atoms with van der Waals surface area (Å²) in [7, 11) is 0. The maximum atomic E-state index is 13.1. The van der Waals surface area contributed by atoms with Gasteiger partial charge in [-0.15, -0.1) is 0 Å². The minimum absolute atomic E-state index is 0.0101. The van der Waals surface area contributed by atoms with Crippen molar-refractivity contribution in [3.05, 3.63) is 54.0 Å². The average Bonchev–Trinajstić information content (AvgIpc) is 3.31. The van der Waals surface area contributed by atoms with Gasteiger partial charge in [0.15, 0.2) is 11.5 Å². The van der Waals surface area contributed by atoms with Crippen molar-refractivity contribution in [3.8, 4) is 0 Å². The molecule has 1 aromatic carbocycles. The third-order valence-corrected chi connectivity index (χ3v) is 6.39. The van der Waals surface area contributed by atoms with Gasteiger partial charge < -0.3 is 25.6 Å². The van der Waals surface area contributed by atoms with E-state index < -0.39 is 23.4 Å². The van der Waals surface area contributed by atoms with E-state index in [0.717, 1.165) is 29.6 Å². The van der Waals surface area contributed by atoms with E-state index in [0.29, 0.717) is 37.2 Å². The number of alkyl carbamates (subject to hydrolysis) is 1. The fraction of sp³-hybridized carbons (Fsp3) is 0.464. The Morgan fingerprint density at radius 3 is 2.58 bits per heavy atom. The van der Waals surface area contributed by atoms with Crippen molar-refractivity contribution >= 4 is 35.2 Å². The summed E-state index contributed by atoms with van der Waals surface area (Å²) in [4.78, 5) is 35.6. The molecule has 11 nitrogen and oxygen atoms in total. The van der Waals surface area contributed by atoms with Crippen LogP contribution in [0.15, 0.2) is 42.9 Å². The Hall–Kier alpha value is -4.22. The lowest BCUT2D eigenvalue weighted by Gasteiger charge is -2.33. The molecule has 40 heavy (non-hydrogen) atoms. The molecule has 0 aliphatic carbocycles. The highest BCUT2D eigenvalue weighted by atomic mass is 19.1. The van der Waals surface area contributed by atoms with E-state index in [2.05, 4.69) is 46.4 Å². The molecule has 3 aromatic rings. The third-order valence-electron chi connectivity index (χ3n) is 6.39. The van der Waals surface area contributed by atoms with Crippen molar-refractivity contribution in [2.24, 2.45) is 0 Å². The van der Waals surface area contributed by atoms with E-state index in [4.69, 9.17) is 14.7 Å². The van der Waals surface area contributed by atoms with Crippen LogP contribution in [0.1, 0.15) is 64.5 Å². The number of ether oxygens (including phenoxy) is 1. The van der Waals surface area contributed by atoms with E-state index in [9.17, 15) is 14.0 Å². The Morgan fingerprint density at radius 2 is 1.93 bits per heavy atom. The Bertz CT molecular complexity index is 1390. The van der Waals surface area contributed by atoms with Crippen LogP contribution >= 0.6 is 0 Å². The monoisotopic (exact) mass is 552 g/mol. The molecule has 214 valence electrons. The molecular formula is C28H37FN8O3. The van der Waals surface area contributed by atoms with Crippen LogP contribution < -0.4 is 20.9 Å². The van der Waals surface area contributed by atoms with E-state index in [1.807, 2.05) is 26.8 Å². The number of nitrogens with one attached hydrogen (secondary N) is 3. The summed E-state index contributed by atoms with van der Waals surface area (Å²) in [5, 5.41) is 13.3. The van der Waals surface area contributed by atoms with Crippen LogP contribution in [0.25, 0.3) is 5.65 Å². The summed E-state index contributed by atoms with van der Waals surface area (Å²) in [6.45, 7) is 14.4. The number of carbonyl (C=O) groups is 2. The number of piperidine rings is 1. The lowest BCUT2D eigenvalue weighted by Crippen LogP contribution is -2.46. The van der Waals surface area contributed by atoms with Gasteiger partial charge in [-0.1, -0.05) is 32.6 Å². The molecule has 0 saturated carbocycles. The first-order valence-corrected chi connectivity index (χ1v) is 13.4. The molecule has 1 aliphatic rings. The number of nitrogens with zero attached hydrogens (tertiary/aromatic N) is 5. The number of amides is 2. The molecule has 3 N–H and O–H groups in total. The summed E-state index contributed by atoms with van der Waals surface area (Å²) in [5.41, 5.74) is 2.49. The molecule has 1 aliphatic heterocycles. The van der Waals surface area contributed by atoms with Gasteiger partial charge in [-0.2, -0.15) is 19.6 Å². The average molecular weight is 553 g/mol. The number of hydrogen-bond acceptors (Lipinski definition) is 8. The molecular weight excluding hydrogens is 515 g/mol. The maximum Gasteiger partial charge on any atom is 0.407 e. The lowest BCUT2D eigenvalue weighted by atomic mass is 10.1. The summed E-state index contributed by atoms with van der Waals surface area (Å²) in [6.07, 6.45) is 2.86. The Balaban J connectivity index is 1.50. The number of halogens is 1. The second kappa shape index (κ2) is 11.9. The van der Waals surface area contributed by atoms with Crippen LogP contribution in [0.3, 0.4) is 0 Å². The SMILES string of the molecule is C=C(F)C(=O)Nc1cccc(CNc2nc(N3CCC(NC(=O)OC(C)(C)C)CC3)nc3c(C(C)C)cnn23)c1. The zero-order valence-corrected chi connectivity index (χ0v) is 23.6. The summed E-state index contributed by atoms with van der Waals surface area (Å²) in [5.74, 6) is -0.621. The van der Waals surface area contributed by atoms with E-state index in [1.54, 1.807) is 28.9 Å². The van der Waals surface area contributed by atoms with Crippen molar-refractivity contribution in [2.75, 3.05) is 28.6 Å². The Morgan fingerprint density at radius 1 is 1.20 bits per heavy atom. The highest BCUT2D eigenvalue weighted by molar-refractivity contribution is 6.01. The van der Waals surface area contributed by atoms with Crippen LogP contribution in [-0.2, 0) is 16.1 Å². The van der Waals surface area contributed by atoms with Gasteiger partial charge in [-0.3, -0.25) is 4.79 Å². The first-order chi connectivity index (χ1) is 18.9. The second-order valence-electron chi connectivity index (χ2n) is 11.2. The number of rotatable bonds is 8. The molecule has 0 unspecified atom stereocenters. The number of aromatic nitrogens is 4. The Kier molecular flexibility index (Phi) is 8.55. The minimum Gasteiger partial charge on any atom is -0.444 e. The summed E-state index contributed by atoms with van der Waals surface area (Å²) < 4.78 is 20.2. The van der Waals surface area contributed by atoms with Gasteiger partial charge in [0.05, 0.1) is 6.20 Å². The third kappa shape index (κ3) is 7.25. The van der Waals surface area contributed by atoms with E-state index >= 15 is 0 Å². The normalized spacial score (nSPS) is 14.3. The predicted octanol–water partition coefficient (Wildman–Crippen LogP) is 4.78. The topological polar surface area (TPSA) is 126 Å². The molecule has 2 aromatic heterocycles. The van der Waals surface area contributed by atoms with Crippen LogP contribution in [-0.4, -0.2) is 56.3 Å². The predicted molar refractivity (Wildman–Crippen MR) is 152 cm³/mol. The first kappa shape index (κ1) is 28.8. The van der Waals surface area contributed by atoms with Gasteiger partial charge in [0.2, 0.25) is 11.9 Å². The van der Waals surface area contributed by atoms with Crippen molar-refractivity contribution in [3.63, 3.8) is 0 Å². The van der Waals surface area contributed by atoms with Crippen molar-refractivity contribution in [1.82, 2.24) is 24.9 Å². The molecule has 4 rings (SSSR count). The zero-order valence-electron chi connectivity index (χ0n) is 23.6. The molecule has 0 bridgehead atoms. The van der Waals surface area contributed by atoms with Crippen molar-refractivity contribution in [1.29, 1.82) is 0 Å². The molecule has 3 heterocycles. The number of fused-ring (bicyclic) bond motifs is 1. The summed E-state index contributed by atoms with van der Waals surface area (Å²) >= 11 is 0. The maximum absolute atomic E-state index is 13.1. The van der Waals surface area contributed by atoms with Gasteiger partial charge in [-0.25, -0.2) is 9.18 Å². The molecule has 0 atom stereocenters. The van der Waals surface area contributed by atoms with Crippen LogP contribution in [0.5, 0.6) is 0 Å². The Labute approximate surface area is 233 Å². The van der Waals surface area contributed by atoms with Crippen molar-refractivity contribution in [2.45, 2.75) is 71.6 Å². The van der Waals surface area contributed by atoms with Crippen molar-refractivity contribution < 1.29 is 18.7 Å². The molecule has 0 radical (unpaired) electrons. The van der Waals surface area contributed by atoms with Gasteiger partial charge >= 0.3 is 6.09 Å². The van der Waals surface area contributed by atoms with E-state index in [-0.39, 0.29) is 12.0 Å². The summed E-state index contributed by atoms with van der Waals surface area (Å²) in [6, 6.07) is 7.09. The second-order valence-corrected chi connectivity index (χ2v) is 11.2. The minimum atomic E-state index is -1.05. The number of anilines is 3. The number of benzene rings is 1. The van der Waals surface area contributed by atoms with Crippen LogP contribution in [0.4, 0.5) is 26.8 Å². The largest absolute Gasteiger partial charge is 0.444 e. The number of carbonyl (C=O) groups excluding carboxylic acids is 2. The standard InChI is InChI=1S/C28H37FN8O3/c1-17(2)22-16-31-37-23(22)34-26(36-12-10-20(11-13-36)33-27(39)40-28(4,5)6)35-25(37)30-15-19-8-7-9-21(14-19)32-24(38)18(3)29/h7-9,14,16-17,20H,3,10-13,15H2,1-2,4-6H3,(H,32,38)(H,33,39)(H,30,34,35). The zero-order chi connectivity index (χ0) is 29.0. The van der Waals surface area contributed by atoms with Crippen LogP contribution in [0.2, 0.25) is 0 Å².